The molecule has 0 aromatic heterocycles. The van der Waals surface area contributed by atoms with Crippen molar-refractivity contribution in [2.75, 3.05) is 7.05 Å². The second-order valence-corrected chi connectivity index (χ2v) is 4.86. The summed E-state index contributed by atoms with van der Waals surface area (Å²) in [7, 11) is 1.41. The normalized spacial score (nSPS) is 14.3. The van der Waals surface area contributed by atoms with E-state index in [4.69, 9.17) is 0 Å². The summed E-state index contributed by atoms with van der Waals surface area (Å²) in [5.74, 6) is -1.81. The molecule has 1 aromatic carbocycles. The molecule has 0 amide bonds. The van der Waals surface area contributed by atoms with Gasteiger partial charge in [-0.15, -0.1) is 0 Å². The van der Waals surface area contributed by atoms with Gasteiger partial charge in [-0.25, -0.2) is 0 Å². The SMILES string of the molecule is CC(=O)/C=N/N(C)C1=C(C(C)=O)C(=O)c2ccccc2C1=O. The number of carbonyl (C=O) groups is 4. The number of hydrazone groups is 1. The molecule has 0 bridgehead atoms. The number of nitrogens with zero attached hydrogens (tertiary/aromatic N) is 2. The molecule has 0 atom stereocenters. The maximum atomic E-state index is 12.6. The smallest absolute Gasteiger partial charge is 0.212 e. The molecule has 1 aromatic rings. The number of hydrogen-bond acceptors (Lipinski definition) is 6. The highest BCUT2D eigenvalue weighted by Crippen LogP contribution is 2.28. The lowest BCUT2D eigenvalue weighted by Gasteiger charge is -2.24. The van der Waals surface area contributed by atoms with E-state index in [0.717, 1.165) is 11.2 Å². The Balaban J connectivity index is 2.64. The van der Waals surface area contributed by atoms with E-state index in [1.165, 1.54) is 33.0 Å². The first kappa shape index (κ1) is 15.5. The summed E-state index contributed by atoms with van der Waals surface area (Å²) in [6.07, 6.45) is 1.02. The molecule has 0 saturated carbocycles. The topological polar surface area (TPSA) is 83.9 Å². The van der Waals surface area contributed by atoms with E-state index in [0.29, 0.717) is 0 Å². The highest BCUT2D eigenvalue weighted by Gasteiger charge is 2.36. The Kier molecular flexibility index (Phi) is 4.12. The average molecular weight is 298 g/mol. The van der Waals surface area contributed by atoms with Crippen LogP contribution in [0.25, 0.3) is 0 Å². The van der Waals surface area contributed by atoms with Crippen LogP contribution in [-0.2, 0) is 9.59 Å². The van der Waals surface area contributed by atoms with Gasteiger partial charge in [0, 0.05) is 25.1 Å². The van der Waals surface area contributed by atoms with Crippen LogP contribution in [0.2, 0.25) is 0 Å². The second-order valence-electron chi connectivity index (χ2n) is 4.86. The van der Waals surface area contributed by atoms with Crippen LogP contribution in [0.15, 0.2) is 40.6 Å². The van der Waals surface area contributed by atoms with Crippen molar-refractivity contribution in [1.82, 2.24) is 5.01 Å². The van der Waals surface area contributed by atoms with E-state index in [1.54, 1.807) is 12.1 Å². The number of benzene rings is 1. The number of Topliss-reactive ketones (excluding diaryl/α,β-unsaturated/α-hetero) is 4. The molecule has 1 aliphatic rings. The third-order valence-electron chi connectivity index (χ3n) is 3.18. The van der Waals surface area contributed by atoms with Crippen LogP contribution in [0, 0.1) is 0 Å². The molecule has 0 fully saturated rings. The van der Waals surface area contributed by atoms with Crippen LogP contribution in [0.4, 0.5) is 0 Å². The van der Waals surface area contributed by atoms with Crippen LogP contribution in [0.5, 0.6) is 0 Å². The average Bonchev–Trinajstić information content (AvgIpc) is 2.47. The van der Waals surface area contributed by atoms with Gasteiger partial charge in [-0.05, 0) is 6.92 Å². The maximum Gasteiger partial charge on any atom is 0.212 e. The van der Waals surface area contributed by atoms with Crippen LogP contribution < -0.4 is 0 Å². The standard InChI is InChI=1S/C16H14N2O4/c1-9(19)8-17-18(3)14-13(10(2)20)15(21)11-6-4-5-7-12(11)16(14)22/h4-8H,1-3H3/b17-8+. The zero-order valence-corrected chi connectivity index (χ0v) is 12.4. The fraction of sp³-hybridized carbons (Fsp3) is 0.188. The van der Waals surface area contributed by atoms with Crippen LogP contribution in [-0.4, -0.2) is 41.4 Å². The maximum absolute atomic E-state index is 12.6. The Bertz CT molecular complexity index is 759. The Morgan fingerprint density at radius 1 is 1.05 bits per heavy atom. The molecule has 0 heterocycles. The van der Waals surface area contributed by atoms with Crippen LogP contribution in [0.1, 0.15) is 34.6 Å². The molecule has 22 heavy (non-hydrogen) atoms. The molecule has 1 aliphatic carbocycles. The highest BCUT2D eigenvalue weighted by atomic mass is 16.2. The quantitative estimate of drug-likeness (QED) is 0.477. The van der Waals surface area contributed by atoms with E-state index in [1.807, 2.05) is 0 Å². The fourth-order valence-corrected chi connectivity index (χ4v) is 2.22. The molecule has 2 rings (SSSR count). The number of likely N-dealkylation sites (N-methyl/N-ethyl adjacent to an activating group) is 1. The van der Waals surface area contributed by atoms with Gasteiger partial charge >= 0.3 is 0 Å². The minimum Gasteiger partial charge on any atom is -0.294 e. The molecule has 6 nitrogen and oxygen atoms in total. The van der Waals surface area contributed by atoms with E-state index >= 15 is 0 Å². The van der Waals surface area contributed by atoms with Gasteiger partial charge in [-0.3, -0.25) is 24.2 Å². The van der Waals surface area contributed by atoms with Crippen molar-refractivity contribution < 1.29 is 19.2 Å². The van der Waals surface area contributed by atoms with Gasteiger partial charge in [-0.2, -0.15) is 5.10 Å². The molecule has 0 aliphatic heterocycles. The third-order valence-corrected chi connectivity index (χ3v) is 3.18. The molecule has 0 unspecified atom stereocenters. The summed E-state index contributed by atoms with van der Waals surface area (Å²) in [6, 6.07) is 6.30. The Hall–Kier alpha value is -2.89. The number of allylic oxidation sites excluding steroid dienone is 2. The number of fused-ring (bicyclic) bond motifs is 1. The minimum absolute atomic E-state index is 0.117. The van der Waals surface area contributed by atoms with Gasteiger partial charge in [0.1, 0.15) is 5.70 Å². The zero-order valence-electron chi connectivity index (χ0n) is 12.4. The van der Waals surface area contributed by atoms with E-state index in [9.17, 15) is 19.2 Å². The van der Waals surface area contributed by atoms with Crippen molar-refractivity contribution >= 4 is 29.3 Å². The zero-order chi connectivity index (χ0) is 16.4. The van der Waals surface area contributed by atoms with E-state index < -0.39 is 17.3 Å². The summed E-state index contributed by atoms with van der Waals surface area (Å²) in [5.41, 5.74) is 0.0865. The first-order valence-electron chi connectivity index (χ1n) is 6.56. The van der Waals surface area contributed by atoms with Gasteiger partial charge in [0.15, 0.2) is 17.3 Å². The van der Waals surface area contributed by atoms with E-state index in [-0.39, 0.29) is 28.2 Å². The molecule has 112 valence electrons. The molecule has 6 heteroatoms. The van der Waals surface area contributed by atoms with Crippen molar-refractivity contribution in [2.24, 2.45) is 5.10 Å². The largest absolute Gasteiger partial charge is 0.294 e. The van der Waals surface area contributed by atoms with Gasteiger partial charge in [-0.1, -0.05) is 24.3 Å². The van der Waals surface area contributed by atoms with Crippen molar-refractivity contribution in [3.63, 3.8) is 0 Å². The first-order chi connectivity index (χ1) is 10.3. The van der Waals surface area contributed by atoms with Gasteiger partial charge < -0.3 is 0 Å². The monoisotopic (exact) mass is 298 g/mol. The Morgan fingerprint density at radius 2 is 1.59 bits per heavy atom. The summed E-state index contributed by atoms with van der Waals surface area (Å²) in [6.45, 7) is 2.53. The minimum atomic E-state index is -0.521. The summed E-state index contributed by atoms with van der Waals surface area (Å²) in [5, 5.41) is 4.90. The Labute approximate surface area is 127 Å². The van der Waals surface area contributed by atoms with Crippen LogP contribution in [0.3, 0.4) is 0 Å². The lowest BCUT2D eigenvalue weighted by molar-refractivity contribution is -0.113. The fourth-order valence-electron chi connectivity index (χ4n) is 2.22. The molecular weight excluding hydrogens is 284 g/mol. The lowest BCUT2D eigenvalue weighted by atomic mass is 9.85. The summed E-state index contributed by atoms with van der Waals surface area (Å²) in [4.78, 5) is 47.9. The van der Waals surface area contributed by atoms with E-state index in [2.05, 4.69) is 5.10 Å². The molecular formula is C16H14N2O4. The van der Waals surface area contributed by atoms with Crippen LogP contribution >= 0.6 is 0 Å². The molecule has 0 spiro atoms. The van der Waals surface area contributed by atoms with Gasteiger partial charge in [0.05, 0.1) is 11.8 Å². The van der Waals surface area contributed by atoms with Crippen molar-refractivity contribution in [2.45, 2.75) is 13.8 Å². The molecule has 0 radical (unpaired) electrons. The number of ketones is 4. The van der Waals surface area contributed by atoms with Gasteiger partial charge in [0.2, 0.25) is 5.78 Å². The Morgan fingerprint density at radius 3 is 2.09 bits per heavy atom. The third kappa shape index (κ3) is 2.63. The molecule has 0 N–H and O–H groups in total. The van der Waals surface area contributed by atoms with Gasteiger partial charge in [0.25, 0.3) is 0 Å². The number of hydrogen-bond donors (Lipinski definition) is 0. The van der Waals surface area contributed by atoms with Crippen molar-refractivity contribution in [1.29, 1.82) is 0 Å². The summed E-state index contributed by atoms with van der Waals surface area (Å²) >= 11 is 0. The lowest BCUT2D eigenvalue weighted by Crippen LogP contribution is -2.32. The molecule has 0 saturated heterocycles. The predicted octanol–water partition coefficient (Wildman–Crippen LogP) is 1.42. The predicted molar refractivity (Wildman–Crippen MR) is 79.7 cm³/mol. The van der Waals surface area contributed by atoms with Crippen molar-refractivity contribution in [3.05, 3.63) is 46.7 Å². The number of rotatable bonds is 4. The second kappa shape index (κ2) is 5.85. The summed E-state index contributed by atoms with van der Waals surface area (Å²) < 4.78 is 0. The highest BCUT2D eigenvalue weighted by molar-refractivity contribution is 6.36. The number of carbonyl (C=O) groups excluding carboxylic acids is 4. The van der Waals surface area contributed by atoms with Crippen molar-refractivity contribution in [3.8, 4) is 0 Å². The first-order valence-corrected chi connectivity index (χ1v) is 6.56.